The highest BCUT2D eigenvalue weighted by Gasteiger charge is 2.06. The van der Waals surface area contributed by atoms with Crippen molar-refractivity contribution < 1.29 is 5.21 Å². The monoisotopic (exact) mass is 181 g/mol. The summed E-state index contributed by atoms with van der Waals surface area (Å²) in [6.07, 6.45) is 1.48. The second-order valence-electron chi connectivity index (χ2n) is 2.55. The van der Waals surface area contributed by atoms with Crippen molar-refractivity contribution >= 4 is 17.1 Å². The van der Waals surface area contributed by atoms with Crippen LogP contribution in [0.25, 0.3) is 11.2 Å². The number of fused-ring (bicyclic) bond motifs is 1. The number of hydrogen-bond donors (Lipinski definition) is 3. The highest BCUT2D eigenvalue weighted by molar-refractivity contribution is 5.70. The van der Waals surface area contributed by atoms with Gasteiger partial charge in [0.25, 0.3) is 5.56 Å². The summed E-state index contributed by atoms with van der Waals surface area (Å²) in [6, 6.07) is 0. The number of H-pyrrole nitrogens is 1. The van der Waals surface area contributed by atoms with Crippen molar-refractivity contribution in [3.05, 3.63) is 16.7 Å². The van der Waals surface area contributed by atoms with Gasteiger partial charge < -0.3 is 4.57 Å². The summed E-state index contributed by atoms with van der Waals surface area (Å²) in [7, 11) is 1.69. The lowest BCUT2D eigenvalue weighted by molar-refractivity contribution is 0.382. The predicted octanol–water partition coefficient (Wildman–Crippen LogP) is -0.542. The van der Waals surface area contributed by atoms with E-state index >= 15 is 0 Å². The van der Waals surface area contributed by atoms with Gasteiger partial charge >= 0.3 is 0 Å². The van der Waals surface area contributed by atoms with Crippen LogP contribution in [0.15, 0.2) is 11.1 Å². The Labute approximate surface area is 72.0 Å². The van der Waals surface area contributed by atoms with Crippen LogP contribution in [0.5, 0.6) is 0 Å². The Balaban J connectivity index is 2.87. The van der Waals surface area contributed by atoms with Crippen molar-refractivity contribution in [3.8, 4) is 0 Å². The summed E-state index contributed by atoms with van der Waals surface area (Å²) >= 11 is 0. The van der Waals surface area contributed by atoms with E-state index in [2.05, 4.69) is 15.0 Å². The molecule has 0 aliphatic heterocycles. The van der Waals surface area contributed by atoms with Crippen molar-refractivity contribution in [2.45, 2.75) is 0 Å². The molecule has 2 heterocycles. The SMILES string of the molecule is Cn1cnc2nc(NO)[nH]c(=O)c21. The van der Waals surface area contributed by atoms with Crippen LogP contribution in [0.1, 0.15) is 0 Å². The van der Waals surface area contributed by atoms with Gasteiger partial charge in [-0.05, 0) is 0 Å². The minimum Gasteiger partial charge on any atom is -0.328 e. The van der Waals surface area contributed by atoms with Gasteiger partial charge in [-0.25, -0.2) is 10.5 Å². The van der Waals surface area contributed by atoms with E-state index in [1.807, 2.05) is 0 Å². The van der Waals surface area contributed by atoms with Crippen molar-refractivity contribution in [1.29, 1.82) is 0 Å². The van der Waals surface area contributed by atoms with E-state index in [1.54, 1.807) is 17.1 Å². The fourth-order valence-electron chi connectivity index (χ4n) is 1.11. The molecule has 2 aromatic heterocycles. The Kier molecular flexibility index (Phi) is 1.52. The zero-order chi connectivity index (χ0) is 9.42. The van der Waals surface area contributed by atoms with Crippen molar-refractivity contribution in [3.63, 3.8) is 0 Å². The van der Waals surface area contributed by atoms with Crippen LogP contribution in [0.3, 0.4) is 0 Å². The van der Waals surface area contributed by atoms with Gasteiger partial charge in [-0.1, -0.05) is 0 Å². The maximum atomic E-state index is 11.3. The average molecular weight is 181 g/mol. The summed E-state index contributed by atoms with van der Waals surface area (Å²) in [5.74, 6) is -0.0174. The number of nitrogens with zero attached hydrogens (tertiary/aromatic N) is 3. The van der Waals surface area contributed by atoms with E-state index in [0.717, 1.165) is 0 Å². The van der Waals surface area contributed by atoms with Crippen LogP contribution in [0.2, 0.25) is 0 Å². The van der Waals surface area contributed by atoms with Crippen molar-refractivity contribution in [1.82, 2.24) is 19.5 Å². The molecule has 0 bridgehead atoms. The second-order valence-corrected chi connectivity index (χ2v) is 2.55. The van der Waals surface area contributed by atoms with Gasteiger partial charge in [-0.3, -0.25) is 15.0 Å². The quantitative estimate of drug-likeness (QED) is 0.513. The summed E-state index contributed by atoms with van der Waals surface area (Å²) in [4.78, 5) is 21.4. The molecule has 0 radical (unpaired) electrons. The molecule has 7 heteroatoms. The molecule has 2 aromatic rings. The third-order valence-corrected chi connectivity index (χ3v) is 1.69. The molecule has 0 aliphatic carbocycles. The first kappa shape index (κ1) is 7.74. The lowest BCUT2D eigenvalue weighted by Crippen LogP contribution is -2.13. The maximum absolute atomic E-state index is 11.3. The minimum absolute atomic E-state index is 0.0174. The molecule has 0 aliphatic rings. The smallest absolute Gasteiger partial charge is 0.278 e. The van der Waals surface area contributed by atoms with E-state index in [9.17, 15) is 4.79 Å². The summed E-state index contributed by atoms with van der Waals surface area (Å²) in [6.45, 7) is 0. The maximum Gasteiger partial charge on any atom is 0.278 e. The highest BCUT2D eigenvalue weighted by Crippen LogP contribution is 2.04. The lowest BCUT2D eigenvalue weighted by Gasteiger charge is -1.96. The molecule has 0 unspecified atom stereocenters. The van der Waals surface area contributed by atoms with Gasteiger partial charge in [0.15, 0.2) is 11.2 Å². The van der Waals surface area contributed by atoms with E-state index in [4.69, 9.17) is 5.21 Å². The van der Waals surface area contributed by atoms with Gasteiger partial charge in [-0.2, -0.15) is 4.98 Å². The molecule has 68 valence electrons. The molecule has 3 N–H and O–H groups in total. The second kappa shape index (κ2) is 2.56. The fraction of sp³-hybridized carbons (Fsp3) is 0.167. The number of aromatic nitrogens is 4. The zero-order valence-electron chi connectivity index (χ0n) is 6.77. The molecule has 7 nitrogen and oxygen atoms in total. The number of hydrogen-bond acceptors (Lipinski definition) is 5. The largest absolute Gasteiger partial charge is 0.328 e. The number of anilines is 1. The summed E-state index contributed by atoms with van der Waals surface area (Å²) in [5, 5.41) is 8.51. The molecular formula is C6H7N5O2. The fourth-order valence-corrected chi connectivity index (χ4v) is 1.11. The van der Waals surface area contributed by atoms with E-state index < -0.39 is 0 Å². The topological polar surface area (TPSA) is 95.8 Å². The number of nitrogens with one attached hydrogen (secondary N) is 2. The molecule has 0 amide bonds. The van der Waals surface area contributed by atoms with Crippen LogP contribution in [0.4, 0.5) is 5.95 Å². The van der Waals surface area contributed by atoms with Crippen LogP contribution in [-0.2, 0) is 7.05 Å². The molecule has 2 rings (SSSR count). The summed E-state index contributed by atoms with van der Waals surface area (Å²) in [5.41, 5.74) is 2.08. The van der Waals surface area contributed by atoms with E-state index in [1.165, 1.54) is 6.33 Å². The number of aryl methyl sites for hydroxylation is 1. The third kappa shape index (κ3) is 1.05. The molecule has 0 fully saturated rings. The van der Waals surface area contributed by atoms with Crippen LogP contribution in [0, 0.1) is 0 Å². The molecule has 0 atom stereocenters. The van der Waals surface area contributed by atoms with Crippen molar-refractivity contribution in [2.24, 2.45) is 7.05 Å². The first-order valence-electron chi connectivity index (χ1n) is 3.54. The Morgan fingerprint density at radius 1 is 1.69 bits per heavy atom. The van der Waals surface area contributed by atoms with E-state index in [-0.39, 0.29) is 11.5 Å². The van der Waals surface area contributed by atoms with Crippen LogP contribution >= 0.6 is 0 Å². The Bertz CT molecular complexity index is 499. The molecule has 0 saturated heterocycles. The standard InChI is InChI=1S/C6H7N5O2/c1-11-2-7-4-3(11)5(12)9-6(8-4)10-13/h2,13H,1H3,(H2,8,9,10,12). The average Bonchev–Trinajstić information content (AvgIpc) is 2.48. The normalized spacial score (nSPS) is 10.6. The first-order valence-corrected chi connectivity index (χ1v) is 3.54. The molecular weight excluding hydrogens is 174 g/mol. The summed E-state index contributed by atoms with van der Waals surface area (Å²) < 4.78 is 1.56. The molecule has 13 heavy (non-hydrogen) atoms. The zero-order valence-corrected chi connectivity index (χ0v) is 6.77. The van der Waals surface area contributed by atoms with Crippen molar-refractivity contribution in [2.75, 3.05) is 5.48 Å². The van der Waals surface area contributed by atoms with E-state index in [0.29, 0.717) is 11.2 Å². The van der Waals surface area contributed by atoms with Gasteiger partial charge in [0.2, 0.25) is 5.95 Å². The Morgan fingerprint density at radius 3 is 3.15 bits per heavy atom. The highest BCUT2D eigenvalue weighted by atomic mass is 16.5. The number of rotatable bonds is 1. The van der Waals surface area contributed by atoms with Gasteiger partial charge in [0.05, 0.1) is 6.33 Å². The van der Waals surface area contributed by atoms with Gasteiger partial charge in [-0.15, -0.1) is 0 Å². The first-order chi connectivity index (χ1) is 6.22. The van der Waals surface area contributed by atoms with Gasteiger partial charge in [0, 0.05) is 7.05 Å². The third-order valence-electron chi connectivity index (χ3n) is 1.69. The Morgan fingerprint density at radius 2 is 2.46 bits per heavy atom. The molecule has 0 spiro atoms. The number of aromatic amines is 1. The molecule has 0 aromatic carbocycles. The minimum atomic E-state index is -0.346. The lowest BCUT2D eigenvalue weighted by atomic mass is 10.5. The van der Waals surface area contributed by atoms with Gasteiger partial charge in [0.1, 0.15) is 0 Å². The van der Waals surface area contributed by atoms with Crippen LogP contribution < -0.4 is 11.0 Å². The number of imidazole rings is 1. The molecule has 0 saturated carbocycles. The van der Waals surface area contributed by atoms with Crippen LogP contribution in [-0.4, -0.2) is 24.7 Å². The Hall–Kier alpha value is -1.89. The predicted molar refractivity (Wildman–Crippen MR) is 44.5 cm³/mol.